The third-order valence-electron chi connectivity index (χ3n) is 14.7. The highest BCUT2D eigenvalue weighted by molar-refractivity contribution is 7.47. The van der Waals surface area contributed by atoms with Gasteiger partial charge in [-0.2, -0.15) is 0 Å². The number of esters is 3. The number of hydrogen-bond acceptors (Lipinski definition) is 10. The fourth-order valence-electron chi connectivity index (χ4n) is 9.71. The Labute approximate surface area is 468 Å². The van der Waals surface area contributed by atoms with Crippen LogP contribution in [0.15, 0.2) is 12.2 Å². The number of carbonyl (C=O) groups excluding carboxylic acids is 3. The third-order valence-corrected chi connectivity index (χ3v) is 15.6. The molecule has 0 aromatic rings. The van der Waals surface area contributed by atoms with Gasteiger partial charge >= 0.3 is 25.7 Å². The van der Waals surface area contributed by atoms with Gasteiger partial charge in [0.25, 0.3) is 0 Å². The first-order valence-electron chi connectivity index (χ1n) is 32.6. The highest BCUT2D eigenvalue weighted by Gasteiger charge is 2.28. The van der Waals surface area contributed by atoms with Crippen molar-refractivity contribution in [3.05, 3.63) is 12.2 Å². The highest BCUT2D eigenvalue weighted by Crippen LogP contribution is 2.43. The standard InChI is InChI=1S/C64H123O11P/c1-4-7-10-13-16-19-22-25-27-29-30-32-34-37-40-43-46-49-52-55-64(68)75-61(57-71-62(66)53-50-47-44-41-38-35-24-21-18-15-12-9-6-3)59-73-76(69,70)72-58-60(56-65)74-63(67)54-51-48-45-42-39-36-33-31-28-26-23-20-17-14-11-8-5-2/h21,24,60-61,65H,4-20,22-23,25-59H2,1-3H3,(H,69,70)/b24-21-. The van der Waals surface area contributed by atoms with E-state index in [1.165, 1.54) is 205 Å². The minimum atomic E-state index is -4.74. The van der Waals surface area contributed by atoms with E-state index in [0.29, 0.717) is 19.3 Å². The Morgan fingerprint density at radius 1 is 0.355 bits per heavy atom. The predicted molar refractivity (Wildman–Crippen MR) is 317 cm³/mol. The average molecular weight is 1100 g/mol. The summed E-state index contributed by atoms with van der Waals surface area (Å²) in [6.45, 7) is 4.72. The number of allylic oxidation sites excluding steroid dienone is 2. The van der Waals surface area contributed by atoms with Crippen molar-refractivity contribution in [1.29, 1.82) is 0 Å². The Kier molecular flexibility index (Phi) is 58.0. The number of ether oxygens (including phenoxy) is 3. The van der Waals surface area contributed by atoms with E-state index in [2.05, 4.69) is 32.9 Å². The van der Waals surface area contributed by atoms with Gasteiger partial charge in [0, 0.05) is 19.3 Å². The quantitative estimate of drug-likeness (QED) is 0.0197. The van der Waals surface area contributed by atoms with Crippen LogP contribution >= 0.6 is 7.82 Å². The fraction of sp³-hybridized carbons (Fsp3) is 0.922. The summed E-state index contributed by atoms with van der Waals surface area (Å²) in [5, 5.41) is 9.85. The number of phosphoric ester groups is 1. The molecule has 76 heavy (non-hydrogen) atoms. The van der Waals surface area contributed by atoms with Gasteiger partial charge in [-0.1, -0.05) is 290 Å². The molecule has 0 radical (unpaired) electrons. The fourth-order valence-corrected chi connectivity index (χ4v) is 10.5. The molecule has 450 valence electrons. The van der Waals surface area contributed by atoms with Gasteiger partial charge in [-0.3, -0.25) is 23.4 Å². The lowest BCUT2D eigenvalue weighted by atomic mass is 10.0. The lowest BCUT2D eigenvalue weighted by Gasteiger charge is -2.21. The largest absolute Gasteiger partial charge is 0.472 e. The van der Waals surface area contributed by atoms with Crippen molar-refractivity contribution in [3.8, 4) is 0 Å². The number of carbonyl (C=O) groups is 3. The maximum atomic E-state index is 12.9. The van der Waals surface area contributed by atoms with Crippen LogP contribution in [0.25, 0.3) is 0 Å². The van der Waals surface area contributed by atoms with E-state index < -0.39 is 57.8 Å². The summed E-state index contributed by atoms with van der Waals surface area (Å²) in [5.74, 6) is -1.44. The summed E-state index contributed by atoms with van der Waals surface area (Å²) in [5.41, 5.74) is 0. The summed E-state index contributed by atoms with van der Waals surface area (Å²) in [6, 6.07) is 0. The maximum Gasteiger partial charge on any atom is 0.472 e. The molecule has 0 saturated carbocycles. The van der Waals surface area contributed by atoms with Crippen LogP contribution in [0.5, 0.6) is 0 Å². The molecular formula is C64H123O11P. The molecule has 0 aromatic carbocycles. The van der Waals surface area contributed by atoms with E-state index in [0.717, 1.165) is 77.0 Å². The van der Waals surface area contributed by atoms with Crippen molar-refractivity contribution in [2.45, 2.75) is 354 Å². The first-order chi connectivity index (χ1) is 37.2. The first kappa shape index (κ1) is 74.2. The second-order valence-electron chi connectivity index (χ2n) is 22.3. The summed E-state index contributed by atoms with van der Waals surface area (Å²) in [4.78, 5) is 48.7. The SMILES string of the molecule is CCCCCC/C=C\CCCCCCCC(=O)OCC(COP(=O)(O)OCC(CO)OC(=O)CCCCCCCCCCCCCCCCCCC)OC(=O)CCCCCCCCCCCCCCCCCCCCC. The van der Waals surface area contributed by atoms with Gasteiger partial charge in [-0.25, -0.2) is 4.57 Å². The van der Waals surface area contributed by atoms with Gasteiger partial charge in [0.2, 0.25) is 0 Å². The summed E-state index contributed by atoms with van der Waals surface area (Å²) >= 11 is 0. The molecule has 11 nitrogen and oxygen atoms in total. The normalized spacial score (nSPS) is 13.3. The van der Waals surface area contributed by atoms with Crippen LogP contribution in [0.4, 0.5) is 0 Å². The number of phosphoric acid groups is 1. The number of rotatable bonds is 62. The zero-order chi connectivity index (χ0) is 55.5. The van der Waals surface area contributed by atoms with Crippen molar-refractivity contribution < 1.29 is 52.2 Å². The topological polar surface area (TPSA) is 155 Å². The van der Waals surface area contributed by atoms with Crippen LogP contribution in [0, 0.1) is 0 Å². The van der Waals surface area contributed by atoms with E-state index >= 15 is 0 Å². The van der Waals surface area contributed by atoms with Crippen LogP contribution in [-0.2, 0) is 42.2 Å². The maximum absolute atomic E-state index is 12.9. The van der Waals surface area contributed by atoms with E-state index in [-0.39, 0.29) is 25.9 Å². The highest BCUT2D eigenvalue weighted by atomic mass is 31.2. The van der Waals surface area contributed by atoms with Crippen LogP contribution < -0.4 is 0 Å². The molecule has 0 bridgehead atoms. The van der Waals surface area contributed by atoms with Gasteiger partial charge in [-0.15, -0.1) is 0 Å². The van der Waals surface area contributed by atoms with Gasteiger partial charge in [0.1, 0.15) is 12.7 Å². The zero-order valence-corrected chi connectivity index (χ0v) is 50.9. The van der Waals surface area contributed by atoms with Crippen molar-refractivity contribution in [2.75, 3.05) is 26.4 Å². The molecule has 3 atom stereocenters. The monoisotopic (exact) mass is 1100 g/mol. The van der Waals surface area contributed by atoms with Crippen molar-refractivity contribution in [1.82, 2.24) is 0 Å². The molecule has 0 amide bonds. The second kappa shape index (κ2) is 59.3. The summed E-state index contributed by atoms with van der Waals surface area (Å²) in [6.07, 6.45) is 60.2. The molecule has 0 aromatic heterocycles. The van der Waals surface area contributed by atoms with Crippen LogP contribution in [0.3, 0.4) is 0 Å². The number of aliphatic hydroxyl groups excluding tert-OH is 1. The molecule has 0 fully saturated rings. The number of hydrogen-bond donors (Lipinski definition) is 2. The molecule has 0 heterocycles. The minimum Gasteiger partial charge on any atom is -0.462 e. The molecule has 12 heteroatoms. The van der Waals surface area contributed by atoms with Gasteiger partial charge in [-0.05, 0) is 44.9 Å². The minimum absolute atomic E-state index is 0.175. The van der Waals surface area contributed by atoms with Gasteiger partial charge in [0.05, 0.1) is 19.8 Å². The molecule has 0 aliphatic rings. The van der Waals surface area contributed by atoms with Crippen LogP contribution in [0.1, 0.15) is 342 Å². The Morgan fingerprint density at radius 2 is 0.605 bits per heavy atom. The predicted octanol–water partition coefficient (Wildman–Crippen LogP) is 19.6. The zero-order valence-electron chi connectivity index (χ0n) is 50.0. The molecule has 0 aliphatic heterocycles. The molecule has 0 saturated heterocycles. The molecule has 0 spiro atoms. The lowest BCUT2D eigenvalue weighted by molar-refractivity contribution is -0.161. The number of unbranched alkanes of at least 4 members (excludes halogenated alkanes) is 43. The number of aliphatic hydroxyl groups is 1. The van der Waals surface area contributed by atoms with E-state index in [1.807, 2.05) is 0 Å². The molecule has 0 aliphatic carbocycles. The molecule has 2 N–H and O–H groups in total. The Hall–Kier alpha value is -1.78. The summed E-state index contributed by atoms with van der Waals surface area (Å²) in [7, 11) is -4.74. The first-order valence-corrected chi connectivity index (χ1v) is 34.1. The Balaban J connectivity index is 4.60. The third kappa shape index (κ3) is 56.9. The second-order valence-corrected chi connectivity index (χ2v) is 23.8. The van der Waals surface area contributed by atoms with Crippen LogP contribution in [-0.4, -0.2) is 66.5 Å². The van der Waals surface area contributed by atoms with Gasteiger partial charge < -0.3 is 24.2 Å². The smallest absolute Gasteiger partial charge is 0.462 e. The Bertz CT molecular complexity index is 1330. The van der Waals surface area contributed by atoms with Crippen molar-refractivity contribution >= 4 is 25.7 Å². The average Bonchev–Trinajstić information content (AvgIpc) is 3.41. The van der Waals surface area contributed by atoms with Crippen molar-refractivity contribution in [2.24, 2.45) is 0 Å². The molecule has 0 rings (SSSR count). The van der Waals surface area contributed by atoms with E-state index in [9.17, 15) is 28.9 Å². The van der Waals surface area contributed by atoms with Crippen LogP contribution in [0.2, 0.25) is 0 Å². The van der Waals surface area contributed by atoms with E-state index in [4.69, 9.17) is 23.3 Å². The summed E-state index contributed by atoms with van der Waals surface area (Å²) < 4.78 is 39.7. The van der Waals surface area contributed by atoms with Crippen molar-refractivity contribution in [3.63, 3.8) is 0 Å². The molecular weight excluding hydrogens is 976 g/mol. The Morgan fingerprint density at radius 3 is 0.921 bits per heavy atom. The van der Waals surface area contributed by atoms with E-state index in [1.54, 1.807) is 0 Å². The lowest BCUT2D eigenvalue weighted by Crippen LogP contribution is -2.30. The van der Waals surface area contributed by atoms with Gasteiger partial charge in [0.15, 0.2) is 6.10 Å². The molecule has 3 unspecified atom stereocenters.